The molecule has 0 fully saturated rings. The van der Waals surface area contributed by atoms with Crippen molar-refractivity contribution in [2.75, 3.05) is 20.8 Å². The quantitative estimate of drug-likeness (QED) is 0.394. The van der Waals surface area contributed by atoms with E-state index in [1.54, 1.807) is 0 Å². The summed E-state index contributed by atoms with van der Waals surface area (Å²) in [7, 11) is 2.66. The van der Waals surface area contributed by atoms with Crippen LogP contribution in [0.2, 0.25) is 0 Å². The molecule has 0 radical (unpaired) electrons. The minimum atomic E-state index is -1.34. The van der Waals surface area contributed by atoms with Crippen LogP contribution in [0.25, 0.3) is 0 Å². The van der Waals surface area contributed by atoms with E-state index in [1.165, 1.54) is 14.2 Å². The Labute approximate surface area is 81.8 Å². The van der Waals surface area contributed by atoms with Crippen LogP contribution in [0.5, 0.6) is 0 Å². The number of aliphatic hydroxyl groups is 1. The lowest BCUT2D eigenvalue weighted by atomic mass is 10.2. The maximum Gasteiger partial charge on any atom is 0.214 e. The fourth-order valence-corrected chi connectivity index (χ4v) is 0.786. The smallest absolute Gasteiger partial charge is 0.214 e. The molecule has 82 valence electrons. The van der Waals surface area contributed by atoms with Gasteiger partial charge in [-0.3, -0.25) is 4.79 Å². The zero-order chi connectivity index (χ0) is 11.0. The van der Waals surface area contributed by atoms with E-state index in [9.17, 15) is 9.59 Å². The summed E-state index contributed by atoms with van der Waals surface area (Å²) in [5.74, 6) is 0. The van der Waals surface area contributed by atoms with Gasteiger partial charge in [-0.2, -0.15) is 0 Å². The molecular formula is C8H14O6. The first-order valence-electron chi connectivity index (χ1n) is 3.95. The van der Waals surface area contributed by atoms with Gasteiger partial charge in [-0.1, -0.05) is 0 Å². The standard InChI is InChI=1S/C8H14O6/c1-12-5-7(6(11)3-9)14-8(4-10)13-2/h3-4,6-8,11H,5H2,1-2H3. The summed E-state index contributed by atoms with van der Waals surface area (Å²) in [6.07, 6.45) is -2.63. The van der Waals surface area contributed by atoms with E-state index < -0.39 is 18.5 Å². The number of aliphatic hydroxyl groups excluding tert-OH is 1. The third-order valence-corrected chi connectivity index (χ3v) is 1.50. The number of methoxy groups -OCH3 is 2. The van der Waals surface area contributed by atoms with Crippen LogP contribution in [0.1, 0.15) is 0 Å². The number of carbonyl (C=O) groups excluding carboxylic acids is 2. The number of ether oxygens (including phenoxy) is 3. The Morgan fingerprint density at radius 2 is 1.93 bits per heavy atom. The molecule has 1 N–H and O–H groups in total. The monoisotopic (exact) mass is 206 g/mol. The second-order valence-corrected chi connectivity index (χ2v) is 2.50. The van der Waals surface area contributed by atoms with Gasteiger partial charge >= 0.3 is 0 Å². The topological polar surface area (TPSA) is 82.1 Å². The van der Waals surface area contributed by atoms with Crippen molar-refractivity contribution in [1.82, 2.24) is 0 Å². The van der Waals surface area contributed by atoms with Gasteiger partial charge in [-0.15, -0.1) is 0 Å². The van der Waals surface area contributed by atoms with E-state index in [-0.39, 0.29) is 6.61 Å². The molecule has 3 unspecified atom stereocenters. The van der Waals surface area contributed by atoms with Gasteiger partial charge in [0, 0.05) is 14.2 Å². The lowest BCUT2D eigenvalue weighted by molar-refractivity contribution is -0.186. The van der Waals surface area contributed by atoms with E-state index in [2.05, 4.69) is 4.74 Å². The van der Waals surface area contributed by atoms with E-state index in [0.717, 1.165) is 0 Å². The van der Waals surface area contributed by atoms with Gasteiger partial charge in [0.1, 0.15) is 12.2 Å². The highest BCUT2D eigenvalue weighted by atomic mass is 16.7. The van der Waals surface area contributed by atoms with Crippen molar-refractivity contribution in [2.45, 2.75) is 18.5 Å². The van der Waals surface area contributed by atoms with Crippen LogP contribution in [-0.4, -0.2) is 57.0 Å². The average Bonchev–Trinajstić information content (AvgIpc) is 2.23. The summed E-state index contributed by atoms with van der Waals surface area (Å²) in [6.45, 7) is -0.00634. The molecule has 0 heterocycles. The molecule has 0 aromatic carbocycles. The Hall–Kier alpha value is -0.820. The highest BCUT2D eigenvalue weighted by Crippen LogP contribution is 2.02. The van der Waals surface area contributed by atoms with E-state index in [0.29, 0.717) is 12.6 Å². The summed E-state index contributed by atoms with van der Waals surface area (Å²) in [4.78, 5) is 20.6. The Balaban J connectivity index is 4.18. The van der Waals surface area contributed by atoms with Gasteiger partial charge in [-0.05, 0) is 0 Å². The zero-order valence-corrected chi connectivity index (χ0v) is 8.08. The van der Waals surface area contributed by atoms with Crippen molar-refractivity contribution < 1.29 is 28.9 Å². The van der Waals surface area contributed by atoms with Crippen LogP contribution in [-0.2, 0) is 23.8 Å². The molecule has 3 atom stereocenters. The highest BCUT2D eigenvalue weighted by Gasteiger charge is 2.23. The maximum absolute atomic E-state index is 10.3. The third kappa shape index (κ3) is 4.43. The van der Waals surface area contributed by atoms with E-state index >= 15 is 0 Å². The second kappa shape index (κ2) is 7.57. The van der Waals surface area contributed by atoms with Gasteiger partial charge in [0.2, 0.25) is 6.29 Å². The van der Waals surface area contributed by atoms with Crippen LogP contribution in [0.15, 0.2) is 0 Å². The molecule has 0 saturated carbocycles. The summed E-state index contributed by atoms with van der Waals surface area (Å²) < 4.78 is 14.2. The fraction of sp³-hybridized carbons (Fsp3) is 0.750. The third-order valence-electron chi connectivity index (χ3n) is 1.50. The van der Waals surface area contributed by atoms with Crippen LogP contribution in [0.3, 0.4) is 0 Å². The van der Waals surface area contributed by atoms with Gasteiger partial charge in [0.25, 0.3) is 0 Å². The number of hydrogen-bond donors (Lipinski definition) is 1. The van der Waals surface area contributed by atoms with Crippen molar-refractivity contribution in [1.29, 1.82) is 0 Å². The van der Waals surface area contributed by atoms with Gasteiger partial charge < -0.3 is 24.1 Å². The number of carbonyl (C=O) groups is 2. The van der Waals surface area contributed by atoms with Crippen LogP contribution >= 0.6 is 0 Å². The van der Waals surface area contributed by atoms with E-state index in [1.807, 2.05) is 0 Å². The number of hydrogen-bond acceptors (Lipinski definition) is 6. The summed E-state index contributed by atoms with van der Waals surface area (Å²) in [6, 6.07) is 0. The molecule has 6 nitrogen and oxygen atoms in total. The minimum Gasteiger partial charge on any atom is -0.383 e. The predicted octanol–water partition coefficient (Wildman–Crippen LogP) is -1.25. The largest absolute Gasteiger partial charge is 0.383 e. The molecule has 0 aromatic heterocycles. The Morgan fingerprint density at radius 1 is 1.29 bits per heavy atom. The first kappa shape index (κ1) is 13.2. The number of rotatable bonds is 8. The van der Waals surface area contributed by atoms with Crippen molar-refractivity contribution >= 4 is 12.6 Å². The minimum absolute atomic E-state index is 0.00634. The fourth-order valence-electron chi connectivity index (χ4n) is 0.786. The molecule has 0 aliphatic heterocycles. The first-order valence-corrected chi connectivity index (χ1v) is 3.95. The molecular weight excluding hydrogens is 192 g/mol. The Morgan fingerprint density at radius 3 is 2.29 bits per heavy atom. The molecule has 0 aromatic rings. The molecule has 14 heavy (non-hydrogen) atoms. The molecule has 0 saturated heterocycles. The van der Waals surface area contributed by atoms with Crippen molar-refractivity contribution in [3.05, 3.63) is 0 Å². The molecule has 0 rings (SSSR count). The normalized spacial score (nSPS) is 17.1. The number of aldehydes is 2. The first-order chi connectivity index (χ1) is 6.69. The highest BCUT2D eigenvalue weighted by molar-refractivity contribution is 5.57. The predicted molar refractivity (Wildman–Crippen MR) is 45.7 cm³/mol. The van der Waals surface area contributed by atoms with Crippen LogP contribution in [0.4, 0.5) is 0 Å². The summed E-state index contributed by atoms with van der Waals surface area (Å²) in [5.41, 5.74) is 0. The van der Waals surface area contributed by atoms with Gasteiger partial charge in [0.05, 0.1) is 6.61 Å². The Bertz CT molecular complexity index is 165. The van der Waals surface area contributed by atoms with Crippen molar-refractivity contribution in [2.24, 2.45) is 0 Å². The maximum atomic E-state index is 10.3. The van der Waals surface area contributed by atoms with Crippen LogP contribution in [0, 0.1) is 0 Å². The SMILES string of the molecule is COCC(OC(C=O)OC)C(O)C=O. The summed E-state index contributed by atoms with van der Waals surface area (Å²) >= 11 is 0. The second-order valence-electron chi connectivity index (χ2n) is 2.50. The van der Waals surface area contributed by atoms with Crippen molar-refractivity contribution in [3.8, 4) is 0 Å². The van der Waals surface area contributed by atoms with Crippen LogP contribution < -0.4 is 0 Å². The van der Waals surface area contributed by atoms with Crippen molar-refractivity contribution in [3.63, 3.8) is 0 Å². The lowest BCUT2D eigenvalue weighted by Gasteiger charge is -2.21. The molecule has 0 aliphatic rings. The molecule has 0 amide bonds. The Kier molecular flexibility index (Phi) is 7.13. The van der Waals surface area contributed by atoms with Gasteiger partial charge in [0.15, 0.2) is 12.6 Å². The lowest BCUT2D eigenvalue weighted by Crippen LogP contribution is -2.38. The zero-order valence-electron chi connectivity index (χ0n) is 8.08. The molecule has 0 aliphatic carbocycles. The molecule has 0 spiro atoms. The van der Waals surface area contributed by atoms with Gasteiger partial charge in [-0.25, -0.2) is 0 Å². The molecule has 0 bridgehead atoms. The average molecular weight is 206 g/mol. The van der Waals surface area contributed by atoms with E-state index in [4.69, 9.17) is 14.6 Å². The molecule has 6 heteroatoms. The summed E-state index contributed by atoms with van der Waals surface area (Å²) in [5, 5.41) is 9.14.